The topological polar surface area (TPSA) is 58.1 Å². The van der Waals surface area contributed by atoms with Crippen LogP contribution in [-0.2, 0) is 0 Å². The number of nitrogens with zero attached hydrogens (tertiary/aromatic N) is 3. The van der Waals surface area contributed by atoms with Gasteiger partial charge in [0.2, 0.25) is 0 Å². The first kappa shape index (κ1) is 16.8. The molecule has 1 aromatic heterocycles. The zero-order valence-corrected chi connectivity index (χ0v) is 13.5. The van der Waals surface area contributed by atoms with E-state index in [9.17, 15) is 4.79 Å². The van der Waals surface area contributed by atoms with E-state index in [0.29, 0.717) is 11.5 Å². The summed E-state index contributed by atoms with van der Waals surface area (Å²) in [6.07, 6.45) is 4.01. The molecule has 0 bridgehead atoms. The van der Waals surface area contributed by atoms with Crippen molar-refractivity contribution in [2.45, 2.75) is 32.7 Å². The molecule has 0 spiro atoms. The SMILES string of the molecule is CCCNc1ccc(C(=O)N(C)C(CC)CSC)nn1. The fraction of sp³-hybridized carbons (Fsp3) is 0.643. The van der Waals surface area contributed by atoms with Gasteiger partial charge in [-0.15, -0.1) is 10.2 Å². The summed E-state index contributed by atoms with van der Waals surface area (Å²) in [4.78, 5) is 14.1. The van der Waals surface area contributed by atoms with Gasteiger partial charge in [-0.3, -0.25) is 4.79 Å². The van der Waals surface area contributed by atoms with E-state index in [1.54, 1.807) is 28.8 Å². The summed E-state index contributed by atoms with van der Waals surface area (Å²) >= 11 is 1.75. The quantitative estimate of drug-likeness (QED) is 0.799. The average Bonchev–Trinajstić information content (AvgIpc) is 2.49. The van der Waals surface area contributed by atoms with Crippen molar-refractivity contribution in [1.82, 2.24) is 15.1 Å². The van der Waals surface area contributed by atoms with E-state index >= 15 is 0 Å². The van der Waals surface area contributed by atoms with Gasteiger partial charge < -0.3 is 10.2 Å². The number of hydrogen-bond acceptors (Lipinski definition) is 5. The Morgan fingerprint density at radius 2 is 2.15 bits per heavy atom. The number of hydrogen-bond donors (Lipinski definition) is 1. The number of nitrogens with one attached hydrogen (secondary N) is 1. The van der Waals surface area contributed by atoms with Gasteiger partial charge >= 0.3 is 0 Å². The third kappa shape index (κ3) is 4.67. The molecule has 20 heavy (non-hydrogen) atoms. The zero-order chi connectivity index (χ0) is 15.0. The minimum Gasteiger partial charge on any atom is -0.369 e. The van der Waals surface area contributed by atoms with Crippen LogP contribution in [0, 0.1) is 0 Å². The Balaban J connectivity index is 2.70. The molecule has 6 heteroatoms. The van der Waals surface area contributed by atoms with E-state index in [-0.39, 0.29) is 11.9 Å². The molecule has 1 aromatic rings. The highest BCUT2D eigenvalue weighted by Gasteiger charge is 2.20. The van der Waals surface area contributed by atoms with Gasteiger partial charge in [0.05, 0.1) is 0 Å². The van der Waals surface area contributed by atoms with Crippen LogP contribution in [0.25, 0.3) is 0 Å². The van der Waals surface area contributed by atoms with E-state index < -0.39 is 0 Å². The van der Waals surface area contributed by atoms with Crippen molar-refractivity contribution in [2.75, 3.05) is 30.9 Å². The Hall–Kier alpha value is -1.30. The summed E-state index contributed by atoms with van der Waals surface area (Å²) < 4.78 is 0. The highest BCUT2D eigenvalue weighted by atomic mass is 32.2. The summed E-state index contributed by atoms with van der Waals surface area (Å²) in [6, 6.07) is 3.77. The number of rotatable bonds is 8. The maximum Gasteiger partial charge on any atom is 0.274 e. The summed E-state index contributed by atoms with van der Waals surface area (Å²) in [6.45, 7) is 5.03. The molecular weight excluding hydrogens is 272 g/mol. The molecule has 1 heterocycles. The predicted molar refractivity (Wildman–Crippen MR) is 85.4 cm³/mol. The largest absolute Gasteiger partial charge is 0.369 e. The van der Waals surface area contributed by atoms with Crippen LogP contribution in [0.4, 0.5) is 5.82 Å². The monoisotopic (exact) mass is 296 g/mol. The van der Waals surface area contributed by atoms with Crippen molar-refractivity contribution in [3.05, 3.63) is 17.8 Å². The second-order valence-corrected chi connectivity index (χ2v) is 5.57. The van der Waals surface area contributed by atoms with Crippen molar-refractivity contribution < 1.29 is 4.79 Å². The van der Waals surface area contributed by atoms with Crippen molar-refractivity contribution >= 4 is 23.5 Å². The van der Waals surface area contributed by atoms with Crippen LogP contribution in [0.15, 0.2) is 12.1 Å². The van der Waals surface area contributed by atoms with E-state index in [4.69, 9.17) is 0 Å². The Labute approximate surface area is 125 Å². The molecule has 1 atom stereocenters. The second-order valence-electron chi connectivity index (χ2n) is 4.66. The number of amides is 1. The molecule has 0 aliphatic heterocycles. The summed E-state index contributed by atoms with van der Waals surface area (Å²) in [5.41, 5.74) is 0.397. The van der Waals surface area contributed by atoms with Crippen LogP contribution < -0.4 is 5.32 Å². The molecule has 0 aliphatic rings. The Kier molecular flexibility index (Phi) is 7.36. The number of carbonyl (C=O) groups is 1. The van der Waals surface area contributed by atoms with Crippen molar-refractivity contribution in [3.63, 3.8) is 0 Å². The lowest BCUT2D eigenvalue weighted by atomic mass is 10.2. The second kappa shape index (κ2) is 8.79. The van der Waals surface area contributed by atoms with Gasteiger partial charge in [0.1, 0.15) is 5.82 Å². The Morgan fingerprint density at radius 1 is 1.40 bits per heavy atom. The predicted octanol–water partition coefficient (Wildman–Crippen LogP) is 2.51. The van der Waals surface area contributed by atoms with Crippen LogP contribution in [-0.4, -0.2) is 52.6 Å². The van der Waals surface area contributed by atoms with Gasteiger partial charge in [-0.1, -0.05) is 13.8 Å². The minimum absolute atomic E-state index is 0.0690. The van der Waals surface area contributed by atoms with Gasteiger partial charge in [0.15, 0.2) is 5.69 Å². The molecule has 0 fully saturated rings. The summed E-state index contributed by atoms with van der Waals surface area (Å²) in [7, 11) is 1.83. The lowest BCUT2D eigenvalue weighted by Crippen LogP contribution is -2.38. The molecule has 5 nitrogen and oxygen atoms in total. The highest BCUT2D eigenvalue weighted by Crippen LogP contribution is 2.12. The average molecular weight is 296 g/mol. The normalized spacial score (nSPS) is 12.0. The maximum absolute atomic E-state index is 12.3. The maximum atomic E-state index is 12.3. The van der Waals surface area contributed by atoms with Gasteiger partial charge in [-0.05, 0) is 31.2 Å². The van der Waals surface area contributed by atoms with Crippen LogP contribution in [0.3, 0.4) is 0 Å². The Morgan fingerprint density at radius 3 is 2.65 bits per heavy atom. The van der Waals surface area contributed by atoms with E-state index in [2.05, 4.69) is 35.6 Å². The molecule has 0 aromatic carbocycles. The third-order valence-electron chi connectivity index (χ3n) is 3.14. The minimum atomic E-state index is -0.0690. The molecular formula is C14H24N4OS. The first-order chi connectivity index (χ1) is 9.63. The van der Waals surface area contributed by atoms with Crippen molar-refractivity contribution in [2.24, 2.45) is 0 Å². The van der Waals surface area contributed by atoms with E-state index in [0.717, 1.165) is 25.1 Å². The molecule has 1 N–H and O–H groups in total. The van der Waals surface area contributed by atoms with Gasteiger partial charge in [0.25, 0.3) is 5.91 Å². The standard InChI is InChI=1S/C14H24N4OS/c1-5-9-15-13-8-7-12(16-17-13)14(19)18(3)11(6-2)10-20-4/h7-8,11H,5-6,9-10H2,1-4H3,(H,15,17). The molecule has 1 unspecified atom stereocenters. The summed E-state index contributed by atoms with van der Waals surface area (Å²) in [5, 5.41) is 11.2. The molecule has 0 saturated heterocycles. The van der Waals surface area contributed by atoms with Crippen molar-refractivity contribution in [3.8, 4) is 0 Å². The van der Waals surface area contributed by atoms with Crippen LogP contribution in [0.2, 0.25) is 0 Å². The molecule has 112 valence electrons. The zero-order valence-electron chi connectivity index (χ0n) is 12.7. The number of carbonyl (C=O) groups excluding carboxylic acids is 1. The molecule has 0 saturated carbocycles. The molecule has 0 radical (unpaired) electrons. The van der Waals surface area contributed by atoms with Gasteiger partial charge in [0, 0.05) is 25.4 Å². The highest BCUT2D eigenvalue weighted by molar-refractivity contribution is 7.98. The van der Waals surface area contributed by atoms with Crippen LogP contribution >= 0.6 is 11.8 Å². The van der Waals surface area contributed by atoms with Gasteiger partial charge in [-0.25, -0.2) is 0 Å². The Bertz CT molecular complexity index is 410. The lowest BCUT2D eigenvalue weighted by molar-refractivity contribution is 0.0736. The fourth-order valence-corrected chi connectivity index (χ4v) is 2.68. The number of anilines is 1. The van der Waals surface area contributed by atoms with Crippen molar-refractivity contribution in [1.29, 1.82) is 0 Å². The fourth-order valence-electron chi connectivity index (χ4n) is 1.84. The van der Waals surface area contributed by atoms with Crippen LogP contribution in [0.1, 0.15) is 37.2 Å². The van der Waals surface area contributed by atoms with Gasteiger partial charge in [-0.2, -0.15) is 11.8 Å². The van der Waals surface area contributed by atoms with Crippen LogP contribution in [0.5, 0.6) is 0 Å². The number of aromatic nitrogens is 2. The molecule has 0 aliphatic carbocycles. The van der Waals surface area contributed by atoms with E-state index in [1.807, 2.05) is 7.05 Å². The first-order valence-corrected chi connectivity index (χ1v) is 8.37. The lowest BCUT2D eigenvalue weighted by Gasteiger charge is -2.26. The van der Waals surface area contributed by atoms with E-state index in [1.165, 1.54) is 0 Å². The first-order valence-electron chi connectivity index (χ1n) is 6.97. The molecule has 1 rings (SSSR count). The summed E-state index contributed by atoms with van der Waals surface area (Å²) in [5.74, 6) is 1.57. The molecule has 1 amide bonds. The third-order valence-corrected chi connectivity index (χ3v) is 3.86. The smallest absolute Gasteiger partial charge is 0.274 e. The number of thioether (sulfide) groups is 1.